The molecule has 2 N–H and O–H groups in total. The van der Waals surface area contributed by atoms with Gasteiger partial charge in [0.05, 0.1) is 12.1 Å². The number of amides is 2. The summed E-state index contributed by atoms with van der Waals surface area (Å²) >= 11 is 1.41. The molecule has 150 valence electrons. The minimum Gasteiger partial charge on any atom is -0.326 e. The Bertz CT molecular complexity index is 1000. The van der Waals surface area contributed by atoms with E-state index in [9.17, 15) is 9.59 Å². The van der Waals surface area contributed by atoms with E-state index in [-0.39, 0.29) is 23.7 Å². The number of nitrogens with one attached hydrogen (secondary N) is 2. The van der Waals surface area contributed by atoms with Crippen molar-refractivity contribution in [2.75, 3.05) is 10.6 Å². The second-order valence-electron chi connectivity index (χ2n) is 7.97. The van der Waals surface area contributed by atoms with Crippen LogP contribution in [-0.2, 0) is 21.4 Å². The van der Waals surface area contributed by atoms with Crippen LogP contribution in [0.2, 0.25) is 0 Å². The zero-order valence-corrected chi connectivity index (χ0v) is 17.9. The van der Waals surface area contributed by atoms with Crippen LogP contribution in [0.5, 0.6) is 0 Å². The first-order valence-corrected chi connectivity index (χ1v) is 10.3. The van der Waals surface area contributed by atoms with Crippen LogP contribution in [-0.4, -0.2) is 16.8 Å². The Kier molecular flexibility index (Phi) is 6.13. The molecule has 0 spiro atoms. The summed E-state index contributed by atoms with van der Waals surface area (Å²) in [7, 11) is 0. The topological polar surface area (TPSA) is 71.1 Å². The van der Waals surface area contributed by atoms with E-state index in [0.29, 0.717) is 10.8 Å². The number of hydrogen-bond donors (Lipinski definition) is 2. The van der Waals surface area contributed by atoms with E-state index in [4.69, 9.17) is 0 Å². The van der Waals surface area contributed by atoms with Crippen LogP contribution in [0.4, 0.5) is 10.8 Å². The molecule has 1 heterocycles. The van der Waals surface area contributed by atoms with Crippen molar-refractivity contribution in [2.45, 2.75) is 39.5 Å². The molecule has 1 aromatic heterocycles. The fourth-order valence-corrected chi connectivity index (χ4v) is 3.60. The fraction of sp³-hybridized carbons (Fsp3) is 0.261. The number of anilines is 2. The summed E-state index contributed by atoms with van der Waals surface area (Å²) in [5.74, 6) is -0.246. The van der Waals surface area contributed by atoms with Crippen molar-refractivity contribution in [3.8, 4) is 11.3 Å². The van der Waals surface area contributed by atoms with Crippen LogP contribution in [0.25, 0.3) is 11.3 Å². The van der Waals surface area contributed by atoms with Crippen LogP contribution in [0, 0.1) is 0 Å². The molecule has 29 heavy (non-hydrogen) atoms. The summed E-state index contributed by atoms with van der Waals surface area (Å²) in [6, 6.07) is 15.6. The molecule has 0 bridgehead atoms. The van der Waals surface area contributed by atoms with Gasteiger partial charge in [-0.3, -0.25) is 9.59 Å². The van der Waals surface area contributed by atoms with Gasteiger partial charge in [-0.2, -0.15) is 0 Å². The summed E-state index contributed by atoms with van der Waals surface area (Å²) in [6.45, 7) is 8.02. The smallest absolute Gasteiger partial charge is 0.230 e. The SMILES string of the molecule is CC(=O)Nc1ccc(CC(=O)Nc2nc(-c3ccc(C(C)(C)C)cc3)cs2)cc1. The summed E-state index contributed by atoms with van der Waals surface area (Å²) < 4.78 is 0. The van der Waals surface area contributed by atoms with Gasteiger partial charge in [0.15, 0.2) is 5.13 Å². The average Bonchev–Trinajstić information content (AvgIpc) is 3.10. The minimum absolute atomic E-state index is 0.111. The predicted molar refractivity (Wildman–Crippen MR) is 119 cm³/mol. The van der Waals surface area contributed by atoms with E-state index >= 15 is 0 Å². The van der Waals surface area contributed by atoms with Crippen molar-refractivity contribution in [3.63, 3.8) is 0 Å². The number of carbonyl (C=O) groups is 2. The van der Waals surface area contributed by atoms with Crippen molar-refractivity contribution in [2.24, 2.45) is 0 Å². The third-order valence-corrected chi connectivity index (χ3v) is 5.19. The molecular formula is C23H25N3O2S. The molecule has 0 aliphatic heterocycles. The fourth-order valence-electron chi connectivity index (χ4n) is 2.86. The standard InChI is InChI=1S/C23H25N3O2S/c1-15(27)24-19-11-5-16(6-12-19)13-21(28)26-22-25-20(14-29-22)17-7-9-18(10-8-17)23(2,3)4/h5-12,14H,13H2,1-4H3,(H,24,27)(H,25,26,28). The lowest BCUT2D eigenvalue weighted by Crippen LogP contribution is -2.14. The Morgan fingerprint density at radius 1 is 0.966 bits per heavy atom. The molecular weight excluding hydrogens is 382 g/mol. The number of aromatic nitrogens is 1. The normalized spacial score (nSPS) is 11.2. The number of carbonyl (C=O) groups excluding carboxylic acids is 2. The monoisotopic (exact) mass is 407 g/mol. The average molecular weight is 408 g/mol. The third-order valence-electron chi connectivity index (χ3n) is 4.44. The van der Waals surface area contributed by atoms with Crippen LogP contribution in [0.15, 0.2) is 53.9 Å². The Hall–Kier alpha value is -2.99. The highest BCUT2D eigenvalue weighted by molar-refractivity contribution is 7.14. The van der Waals surface area contributed by atoms with Crippen molar-refractivity contribution < 1.29 is 9.59 Å². The molecule has 0 aliphatic rings. The van der Waals surface area contributed by atoms with Crippen LogP contribution < -0.4 is 10.6 Å². The molecule has 0 atom stereocenters. The molecule has 0 unspecified atom stereocenters. The highest BCUT2D eigenvalue weighted by atomic mass is 32.1. The van der Waals surface area contributed by atoms with E-state index in [0.717, 1.165) is 16.8 Å². The van der Waals surface area contributed by atoms with Gasteiger partial charge in [-0.1, -0.05) is 57.2 Å². The lowest BCUT2D eigenvalue weighted by atomic mass is 9.86. The molecule has 0 radical (unpaired) electrons. The summed E-state index contributed by atoms with van der Waals surface area (Å²) in [5.41, 5.74) is 4.85. The second kappa shape index (κ2) is 8.57. The Morgan fingerprint density at radius 2 is 1.62 bits per heavy atom. The van der Waals surface area contributed by atoms with Crippen molar-refractivity contribution in [3.05, 3.63) is 65.0 Å². The molecule has 3 rings (SSSR count). The summed E-state index contributed by atoms with van der Waals surface area (Å²) in [5, 5.41) is 8.10. The second-order valence-corrected chi connectivity index (χ2v) is 8.83. The Balaban J connectivity index is 1.61. The summed E-state index contributed by atoms with van der Waals surface area (Å²) in [4.78, 5) is 27.9. The van der Waals surface area contributed by atoms with Gasteiger partial charge in [0.25, 0.3) is 0 Å². The maximum atomic E-state index is 12.3. The van der Waals surface area contributed by atoms with E-state index in [2.05, 4.69) is 60.7 Å². The van der Waals surface area contributed by atoms with E-state index < -0.39 is 0 Å². The molecule has 0 fully saturated rings. The van der Waals surface area contributed by atoms with Gasteiger partial charge < -0.3 is 10.6 Å². The molecule has 3 aromatic rings. The lowest BCUT2D eigenvalue weighted by molar-refractivity contribution is -0.116. The van der Waals surface area contributed by atoms with Gasteiger partial charge in [-0.15, -0.1) is 11.3 Å². The largest absolute Gasteiger partial charge is 0.326 e. The quantitative estimate of drug-likeness (QED) is 0.607. The van der Waals surface area contributed by atoms with E-state index in [1.54, 1.807) is 12.1 Å². The Morgan fingerprint density at radius 3 is 2.21 bits per heavy atom. The minimum atomic E-state index is -0.124. The zero-order valence-electron chi connectivity index (χ0n) is 17.1. The van der Waals surface area contributed by atoms with Crippen molar-refractivity contribution in [1.82, 2.24) is 4.98 Å². The first kappa shape index (κ1) is 20.7. The van der Waals surface area contributed by atoms with Gasteiger partial charge in [0.1, 0.15) is 0 Å². The predicted octanol–water partition coefficient (Wildman–Crippen LogP) is 5.25. The van der Waals surface area contributed by atoms with Gasteiger partial charge in [-0.05, 0) is 28.7 Å². The van der Waals surface area contributed by atoms with Gasteiger partial charge in [0.2, 0.25) is 11.8 Å². The number of rotatable bonds is 5. The van der Waals surface area contributed by atoms with E-state index in [1.807, 2.05) is 17.5 Å². The number of nitrogens with zero attached hydrogens (tertiary/aromatic N) is 1. The molecule has 6 heteroatoms. The molecule has 0 aliphatic carbocycles. The van der Waals surface area contributed by atoms with Crippen molar-refractivity contribution in [1.29, 1.82) is 0 Å². The zero-order chi connectivity index (χ0) is 21.0. The van der Waals surface area contributed by atoms with Gasteiger partial charge in [-0.25, -0.2) is 4.98 Å². The molecule has 0 saturated heterocycles. The first-order valence-electron chi connectivity index (χ1n) is 9.43. The highest BCUT2D eigenvalue weighted by Crippen LogP contribution is 2.28. The van der Waals surface area contributed by atoms with Gasteiger partial charge in [0, 0.05) is 23.6 Å². The summed E-state index contributed by atoms with van der Waals surface area (Å²) in [6.07, 6.45) is 0.246. The van der Waals surface area contributed by atoms with Crippen molar-refractivity contribution >= 4 is 34.0 Å². The first-order chi connectivity index (χ1) is 13.7. The lowest BCUT2D eigenvalue weighted by Gasteiger charge is -2.18. The molecule has 5 nitrogen and oxygen atoms in total. The number of hydrogen-bond acceptors (Lipinski definition) is 4. The van der Waals surface area contributed by atoms with Crippen LogP contribution in [0.3, 0.4) is 0 Å². The van der Waals surface area contributed by atoms with Crippen LogP contribution in [0.1, 0.15) is 38.8 Å². The van der Waals surface area contributed by atoms with Crippen LogP contribution >= 0.6 is 11.3 Å². The molecule has 0 saturated carbocycles. The number of thiazole rings is 1. The molecule has 2 amide bonds. The number of benzene rings is 2. The third kappa shape index (κ3) is 5.74. The maximum absolute atomic E-state index is 12.3. The maximum Gasteiger partial charge on any atom is 0.230 e. The molecule has 2 aromatic carbocycles. The van der Waals surface area contributed by atoms with E-state index in [1.165, 1.54) is 23.8 Å². The Labute approximate surface area is 175 Å². The van der Waals surface area contributed by atoms with Gasteiger partial charge >= 0.3 is 0 Å². The highest BCUT2D eigenvalue weighted by Gasteiger charge is 2.14.